The number of β-amino-alcohol motifs (C(OH)–C–C–N with tert-alkyl or cyclic N) is 1. The third kappa shape index (κ3) is 3.11. The van der Waals surface area contributed by atoms with E-state index in [0.717, 1.165) is 31.8 Å². The molecule has 16 heavy (non-hydrogen) atoms. The van der Waals surface area contributed by atoms with E-state index in [1.807, 2.05) is 24.3 Å². The van der Waals surface area contributed by atoms with Gasteiger partial charge in [0.05, 0.1) is 11.1 Å². The molecule has 3 nitrogen and oxygen atoms in total. The van der Waals surface area contributed by atoms with Gasteiger partial charge in [-0.1, -0.05) is 23.7 Å². The molecule has 1 fully saturated rings. The predicted octanol–water partition coefficient (Wildman–Crippen LogP) is 1.79. The molecule has 0 unspecified atom stereocenters. The monoisotopic (exact) mass is 241 g/mol. The van der Waals surface area contributed by atoms with Crippen LogP contribution in [0.4, 0.5) is 0 Å². The maximum Gasteiger partial charge on any atom is 0.137 e. The molecule has 88 valence electrons. The minimum atomic E-state index is -0.166. The Hall–Kier alpha value is -0.770. The number of benzene rings is 1. The van der Waals surface area contributed by atoms with Crippen molar-refractivity contribution in [3.8, 4) is 5.75 Å². The molecule has 1 aliphatic rings. The number of likely N-dealkylation sites (tertiary alicyclic amines) is 1. The molecular formula is C12H16ClNO2. The van der Waals surface area contributed by atoms with Gasteiger partial charge in [-0.2, -0.15) is 0 Å². The maximum absolute atomic E-state index is 9.36. The van der Waals surface area contributed by atoms with Crippen LogP contribution in [-0.4, -0.2) is 42.4 Å². The molecule has 1 aromatic rings. The number of para-hydroxylation sites is 1. The average Bonchev–Trinajstić information content (AvgIpc) is 2.67. The molecule has 0 aliphatic carbocycles. The molecule has 0 radical (unpaired) electrons. The van der Waals surface area contributed by atoms with E-state index in [2.05, 4.69) is 4.90 Å². The summed E-state index contributed by atoms with van der Waals surface area (Å²) in [4.78, 5) is 2.20. The second kappa shape index (κ2) is 5.53. The van der Waals surface area contributed by atoms with Crippen molar-refractivity contribution in [2.24, 2.45) is 0 Å². The van der Waals surface area contributed by atoms with Crippen LogP contribution < -0.4 is 4.74 Å². The molecule has 0 aromatic heterocycles. The highest BCUT2D eigenvalue weighted by Gasteiger charge is 2.19. The molecule has 1 saturated heterocycles. The Bertz CT molecular complexity index is 346. The van der Waals surface area contributed by atoms with E-state index in [9.17, 15) is 5.11 Å². The molecule has 0 spiro atoms. The van der Waals surface area contributed by atoms with Crippen LogP contribution in [0.1, 0.15) is 6.42 Å². The number of rotatable bonds is 4. The SMILES string of the molecule is O[C@@H]1CCN(CCOc2ccccc2Cl)C1. The number of hydrogen-bond donors (Lipinski definition) is 1. The van der Waals surface area contributed by atoms with Crippen LogP contribution >= 0.6 is 11.6 Å². The number of hydrogen-bond acceptors (Lipinski definition) is 3. The lowest BCUT2D eigenvalue weighted by Crippen LogP contribution is -2.27. The van der Waals surface area contributed by atoms with Crippen LogP contribution in [0, 0.1) is 0 Å². The van der Waals surface area contributed by atoms with E-state index in [0.29, 0.717) is 11.6 Å². The molecule has 2 rings (SSSR count). The lowest BCUT2D eigenvalue weighted by Gasteiger charge is -2.15. The zero-order valence-corrected chi connectivity index (χ0v) is 9.86. The van der Waals surface area contributed by atoms with Crippen LogP contribution in [0.15, 0.2) is 24.3 Å². The first-order valence-corrected chi connectivity index (χ1v) is 5.91. The quantitative estimate of drug-likeness (QED) is 0.873. The Morgan fingerprint density at radius 1 is 1.44 bits per heavy atom. The van der Waals surface area contributed by atoms with Gasteiger partial charge in [-0.15, -0.1) is 0 Å². The molecule has 1 aliphatic heterocycles. The molecule has 1 heterocycles. The smallest absolute Gasteiger partial charge is 0.137 e. The highest BCUT2D eigenvalue weighted by molar-refractivity contribution is 6.32. The first-order chi connectivity index (χ1) is 7.75. The normalized spacial score (nSPS) is 21.2. The third-order valence-electron chi connectivity index (χ3n) is 2.75. The van der Waals surface area contributed by atoms with E-state index in [-0.39, 0.29) is 6.10 Å². The van der Waals surface area contributed by atoms with E-state index < -0.39 is 0 Å². The summed E-state index contributed by atoms with van der Waals surface area (Å²) in [6.45, 7) is 3.15. The van der Waals surface area contributed by atoms with Gasteiger partial charge in [0.15, 0.2) is 0 Å². The van der Waals surface area contributed by atoms with Crippen molar-refractivity contribution < 1.29 is 9.84 Å². The van der Waals surface area contributed by atoms with Crippen LogP contribution in [0.25, 0.3) is 0 Å². The van der Waals surface area contributed by atoms with Gasteiger partial charge in [0.1, 0.15) is 12.4 Å². The molecule has 1 N–H and O–H groups in total. The third-order valence-corrected chi connectivity index (χ3v) is 3.06. The largest absolute Gasteiger partial charge is 0.491 e. The fourth-order valence-electron chi connectivity index (χ4n) is 1.86. The van der Waals surface area contributed by atoms with E-state index >= 15 is 0 Å². The molecule has 1 aromatic carbocycles. The van der Waals surface area contributed by atoms with Crippen LogP contribution in [0.2, 0.25) is 5.02 Å². The van der Waals surface area contributed by atoms with Crippen LogP contribution in [0.3, 0.4) is 0 Å². The first kappa shape index (κ1) is 11.7. The highest BCUT2D eigenvalue weighted by Crippen LogP contribution is 2.23. The predicted molar refractivity (Wildman–Crippen MR) is 64.0 cm³/mol. The van der Waals surface area contributed by atoms with Crippen molar-refractivity contribution in [3.63, 3.8) is 0 Å². The Morgan fingerprint density at radius 2 is 2.25 bits per heavy atom. The topological polar surface area (TPSA) is 32.7 Å². The molecule has 4 heteroatoms. The van der Waals surface area contributed by atoms with Gasteiger partial charge in [0, 0.05) is 19.6 Å². The number of halogens is 1. The van der Waals surface area contributed by atoms with E-state index in [1.165, 1.54) is 0 Å². The fourth-order valence-corrected chi connectivity index (χ4v) is 2.05. The molecule has 0 saturated carbocycles. The Labute approximate surface area is 101 Å². The fraction of sp³-hybridized carbons (Fsp3) is 0.500. The summed E-state index contributed by atoms with van der Waals surface area (Å²) in [5.74, 6) is 0.726. The number of ether oxygens (including phenoxy) is 1. The second-order valence-electron chi connectivity index (χ2n) is 4.02. The Kier molecular flexibility index (Phi) is 4.04. The van der Waals surface area contributed by atoms with Crippen molar-refractivity contribution in [1.82, 2.24) is 4.90 Å². The van der Waals surface area contributed by atoms with Gasteiger partial charge < -0.3 is 9.84 Å². The van der Waals surface area contributed by atoms with Crippen molar-refractivity contribution in [2.75, 3.05) is 26.2 Å². The standard InChI is InChI=1S/C12H16ClNO2/c13-11-3-1-2-4-12(11)16-8-7-14-6-5-10(15)9-14/h1-4,10,15H,5-9H2/t10-/m1/s1. The average molecular weight is 242 g/mol. The van der Waals surface area contributed by atoms with Gasteiger partial charge in [0.2, 0.25) is 0 Å². The summed E-state index contributed by atoms with van der Waals surface area (Å²) < 4.78 is 5.58. The van der Waals surface area contributed by atoms with Crippen LogP contribution in [-0.2, 0) is 0 Å². The van der Waals surface area contributed by atoms with Gasteiger partial charge in [-0.3, -0.25) is 4.90 Å². The Balaban J connectivity index is 1.74. The van der Waals surface area contributed by atoms with Crippen molar-refractivity contribution in [1.29, 1.82) is 0 Å². The van der Waals surface area contributed by atoms with Gasteiger partial charge in [-0.25, -0.2) is 0 Å². The lowest BCUT2D eigenvalue weighted by atomic mass is 10.3. The summed E-state index contributed by atoms with van der Waals surface area (Å²) in [5, 5.41) is 10.00. The number of aliphatic hydroxyl groups is 1. The Morgan fingerprint density at radius 3 is 2.94 bits per heavy atom. The summed E-state index contributed by atoms with van der Waals surface area (Å²) in [6.07, 6.45) is 0.701. The van der Waals surface area contributed by atoms with Crippen molar-refractivity contribution >= 4 is 11.6 Å². The maximum atomic E-state index is 9.36. The minimum absolute atomic E-state index is 0.166. The van der Waals surface area contributed by atoms with Crippen LogP contribution in [0.5, 0.6) is 5.75 Å². The van der Waals surface area contributed by atoms with Gasteiger partial charge in [0.25, 0.3) is 0 Å². The molecule has 0 bridgehead atoms. The minimum Gasteiger partial charge on any atom is -0.491 e. The lowest BCUT2D eigenvalue weighted by molar-refractivity contribution is 0.167. The highest BCUT2D eigenvalue weighted by atomic mass is 35.5. The van der Waals surface area contributed by atoms with Gasteiger partial charge in [-0.05, 0) is 18.6 Å². The van der Waals surface area contributed by atoms with Crippen molar-refractivity contribution in [3.05, 3.63) is 29.3 Å². The van der Waals surface area contributed by atoms with Crippen molar-refractivity contribution in [2.45, 2.75) is 12.5 Å². The first-order valence-electron chi connectivity index (χ1n) is 5.53. The molecule has 1 atom stereocenters. The zero-order chi connectivity index (χ0) is 11.4. The summed E-state index contributed by atoms with van der Waals surface area (Å²) in [5.41, 5.74) is 0. The zero-order valence-electron chi connectivity index (χ0n) is 9.10. The summed E-state index contributed by atoms with van der Waals surface area (Å²) >= 11 is 5.96. The van der Waals surface area contributed by atoms with Gasteiger partial charge >= 0.3 is 0 Å². The van der Waals surface area contributed by atoms with E-state index in [4.69, 9.17) is 16.3 Å². The summed E-state index contributed by atoms with van der Waals surface area (Å²) in [6, 6.07) is 7.46. The van der Waals surface area contributed by atoms with E-state index in [1.54, 1.807) is 0 Å². The molecular weight excluding hydrogens is 226 g/mol. The number of nitrogens with zero attached hydrogens (tertiary/aromatic N) is 1. The molecule has 0 amide bonds. The number of aliphatic hydroxyl groups excluding tert-OH is 1. The second-order valence-corrected chi connectivity index (χ2v) is 4.43. The summed E-state index contributed by atoms with van der Waals surface area (Å²) in [7, 11) is 0.